The monoisotopic (exact) mass is 491 g/mol. The molecule has 8 heteroatoms. The zero-order valence-electron chi connectivity index (χ0n) is 17.5. The van der Waals surface area contributed by atoms with Crippen LogP contribution in [0.25, 0.3) is 11.3 Å². The third-order valence-corrected chi connectivity index (χ3v) is 7.15. The summed E-state index contributed by atoms with van der Waals surface area (Å²) in [6.07, 6.45) is 4.94. The molecule has 1 N–H and O–H groups in total. The molecule has 4 nitrogen and oxygen atoms in total. The molecule has 0 amide bonds. The first-order valence-corrected chi connectivity index (χ1v) is 13.2. The first-order chi connectivity index (χ1) is 15.0. The van der Waals surface area contributed by atoms with Crippen molar-refractivity contribution in [3.63, 3.8) is 0 Å². The predicted octanol–water partition coefficient (Wildman–Crippen LogP) is 7.01. The summed E-state index contributed by atoms with van der Waals surface area (Å²) < 4.78 is 6.07. The van der Waals surface area contributed by atoms with E-state index < -0.39 is 0 Å². The number of nitrogens with zero attached hydrogens (tertiary/aromatic N) is 2. The van der Waals surface area contributed by atoms with Crippen LogP contribution in [0.5, 0.6) is 0 Å². The van der Waals surface area contributed by atoms with E-state index in [0.29, 0.717) is 16.7 Å². The maximum absolute atomic E-state index is 6.48. The van der Waals surface area contributed by atoms with Crippen LogP contribution >= 0.6 is 46.7 Å². The number of fused-ring (bicyclic) bond motifs is 1. The summed E-state index contributed by atoms with van der Waals surface area (Å²) in [5.41, 5.74) is 4.15. The van der Waals surface area contributed by atoms with Crippen LogP contribution in [0.1, 0.15) is 24.1 Å². The highest BCUT2D eigenvalue weighted by atomic mass is 35.5. The lowest BCUT2D eigenvalue weighted by atomic mass is 10.1. The van der Waals surface area contributed by atoms with Gasteiger partial charge >= 0.3 is 0 Å². The summed E-state index contributed by atoms with van der Waals surface area (Å²) >= 11 is 15.7. The van der Waals surface area contributed by atoms with E-state index in [4.69, 9.17) is 37.9 Å². The summed E-state index contributed by atoms with van der Waals surface area (Å²) in [5.74, 6) is 0.761. The zero-order chi connectivity index (χ0) is 22.0. The van der Waals surface area contributed by atoms with Gasteiger partial charge in [0.25, 0.3) is 0 Å². The van der Waals surface area contributed by atoms with Crippen LogP contribution in [-0.2, 0) is 11.2 Å². The lowest BCUT2D eigenvalue weighted by molar-refractivity contribution is 0.0572. The summed E-state index contributed by atoms with van der Waals surface area (Å²) in [7, 11) is 0. The van der Waals surface area contributed by atoms with Gasteiger partial charge in [0.05, 0.1) is 17.2 Å². The highest BCUT2D eigenvalue weighted by molar-refractivity contribution is 7.99. The molecule has 0 aliphatic heterocycles. The van der Waals surface area contributed by atoms with Gasteiger partial charge in [0, 0.05) is 23.6 Å². The molecule has 162 valence electrons. The molecule has 0 saturated carbocycles. The van der Waals surface area contributed by atoms with Crippen LogP contribution in [0, 0.1) is 0 Å². The molecule has 2 unspecified atom stereocenters. The average Bonchev–Trinajstić information content (AvgIpc) is 3.11. The van der Waals surface area contributed by atoms with E-state index in [9.17, 15) is 0 Å². The van der Waals surface area contributed by atoms with Crippen LogP contribution < -0.4 is 5.32 Å². The Bertz CT molecular complexity index is 1100. The summed E-state index contributed by atoms with van der Waals surface area (Å²) in [4.78, 5) is 9.89. The van der Waals surface area contributed by atoms with E-state index in [2.05, 4.69) is 29.6 Å². The number of rotatable bonds is 7. The Hall–Kier alpha value is -1.44. The Labute approximate surface area is 201 Å². The number of hydrogen-bond donors (Lipinski definition) is 1. The Morgan fingerprint density at radius 1 is 1.06 bits per heavy atom. The molecule has 1 aliphatic carbocycles. The van der Waals surface area contributed by atoms with Crippen molar-refractivity contribution in [2.24, 2.45) is 0 Å². The van der Waals surface area contributed by atoms with Gasteiger partial charge in [0.2, 0.25) is 0 Å². The van der Waals surface area contributed by atoms with Crippen LogP contribution in [0.15, 0.2) is 52.5 Å². The van der Waals surface area contributed by atoms with Gasteiger partial charge in [0.1, 0.15) is 15.7 Å². The molecule has 31 heavy (non-hydrogen) atoms. The van der Waals surface area contributed by atoms with Gasteiger partial charge in [0.15, 0.2) is 5.82 Å². The van der Waals surface area contributed by atoms with E-state index in [-0.39, 0.29) is 12.1 Å². The summed E-state index contributed by atoms with van der Waals surface area (Å²) in [6, 6.07) is 14.0. The summed E-state index contributed by atoms with van der Waals surface area (Å²) in [6.45, 7) is 2.70. The molecule has 4 rings (SSSR count). The highest BCUT2D eigenvalue weighted by Gasteiger charge is 2.34. The number of benzene rings is 2. The van der Waals surface area contributed by atoms with Crippen molar-refractivity contribution in [2.75, 3.05) is 24.4 Å². The third-order valence-electron chi connectivity index (χ3n) is 5.26. The molecule has 1 heterocycles. The second kappa shape index (κ2) is 10.0. The Balaban J connectivity index is 1.75. The van der Waals surface area contributed by atoms with Gasteiger partial charge in [-0.3, -0.25) is 0 Å². The standard InChI is InChI=1S/C23H23Cl2N3OS2/c1-4-29-18-11-13-7-5-6-8-15(13)19(18)26-21-23(31-3)27-20(22(28-21)30-2)16-10-9-14(24)12-17(16)25/h5-10,12,18-19H,4,11H2,1-3H3,(H,26,28). The van der Waals surface area contributed by atoms with E-state index >= 15 is 0 Å². The van der Waals surface area contributed by atoms with Crippen LogP contribution in [-0.4, -0.2) is 35.2 Å². The SMILES string of the molecule is CCOC1Cc2ccccc2C1Nc1nc(SC)c(-c2ccc(Cl)cc2Cl)nc1SC. The van der Waals surface area contributed by atoms with Crippen LogP contribution in [0.2, 0.25) is 10.0 Å². The lowest BCUT2D eigenvalue weighted by Crippen LogP contribution is -2.25. The second-order valence-electron chi connectivity index (χ2n) is 7.08. The molecule has 2 aromatic carbocycles. The highest BCUT2D eigenvalue weighted by Crippen LogP contribution is 2.40. The minimum atomic E-state index is 0.0241. The zero-order valence-corrected chi connectivity index (χ0v) is 20.6. The first-order valence-electron chi connectivity index (χ1n) is 9.97. The van der Waals surface area contributed by atoms with Crippen molar-refractivity contribution < 1.29 is 4.74 Å². The molecule has 3 aromatic rings. The smallest absolute Gasteiger partial charge is 0.160 e. The fourth-order valence-electron chi connectivity index (χ4n) is 3.89. The number of ether oxygens (including phenoxy) is 1. The number of hydrogen-bond acceptors (Lipinski definition) is 6. The molecule has 1 aliphatic rings. The van der Waals surface area contributed by atoms with E-state index in [1.807, 2.05) is 31.6 Å². The number of nitrogens with one attached hydrogen (secondary N) is 1. The first kappa shape index (κ1) is 22.7. The number of halogens is 2. The van der Waals surface area contributed by atoms with E-state index in [1.165, 1.54) is 11.1 Å². The van der Waals surface area contributed by atoms with Crippen molar-refractivity contribution in [1.82, 2.24) is 9.97 Å². The third kappa shape index (κ3) is 4.69. The Kier molecular flexibility index (Phi) is 7.34. The predicted molar refractivity (Wildman–Crippen MR) is 133 cm³/mol. The molecule has 0 fully saturated rings. The van der Waals surface area contributed by atoms with Gasteiger partial charge in [-0.25, -0.2) is 9.97 Å². The van der Waals surface area contributed by atoms with Gasteiger partial charge in [-0.05, 0) is 48.8 Å². The molecule has 0 saturated heterocycles. The van der Waals surface area contributed by atoms with Crippen LogP contribution in [0.4, 0.5) is 5.82 Å². The number of thioether (sulfide) groups is 2. The van der Waals surface area contributed by atoms with Crippen LogP contribution in [0.3, 0.4) is 0 Å². The van der Waals surface area contributed by atoms with Crippen molar-refractivity contribution >= 4 is 52.5 Å². The second-order valence-corrected chi connectivity index (χ2v) is 9.52. The topological polar surface area (TPSA) is 47.0 Å². The van der Waals surface area contributed by atoms with Gasteiger partial charge in [-0.15, -0.1) is 23.5 Å². The van der Waals surface area contributed by atoms with Gasteiger partial charge in [-0.2, -0.15) is 0 Å². The van der Waals surface area contributed by atoms with Gasteiger partial charge in [-0.1, -0.05) is 47.5 Å². The number of aromatic nitrogens is 2. The quantitative estimate of drug-likeness (QED) is 0.358. The minimum Gasteiger partial charge on any atom is -0.376 e. The molecule has 1 aromatic heterocycles. The van der Waals surface area contributed by atoms with Crippen molar-refractivity contribution in [1.29, 1.82) is 0 Å². The maximum atomic E-state index is 6.48. The minimum absolute atomic E-state index is 0.0241. The molecular weight excluding hydrogens is 469 g/mol. The Morgan fingerprint density at radius 3 is 2.55 bits per heavy atom. The fourth-order valence-corrected chi connectivity index (χ4v) is 5.40. The lowest BCUT2D eigenvalue weighted by Gasteiger charge is -2.24. The largest absolute Gasteiger partial charge is 0.376 e. The van der Waals surface area contributed by atoms with E-state index in [0.717, 1.165) is 33.5 Å². The van der Waals surface area contributed by atoms with Crippen molar-refractivity contribution in [2.45, 2.75) is 35.5 Å². The molecule has 0 bridgehead atoms. The molecular formula is C23H23Cl2N3OS2. The molecule has 0 radical (unpaired) electrons. The van der Waals surface area contributed by atoms with Crippen molar-refractivity contribution in [3.05, 3.63) is 63.6 Å². The number of anilines is 1. The fraction of sp³-hybridized carbons (Fsp3) is 0.304. The Morgan fingerprint density at radius 2 is 1.84 bits per heavy atom. The normalized spacial score (nSPS) is 17.6. The van der Waals surface area contributed by atoms with E-state index in [1.54, 1.807) is 29.6 Å². The molecule has 0 spiro atoms. The average molecular weight is 492 g/mol. The molecule has 2 atom stereocenters. The summed E-state index contributed by atoms with van der Waals surface area (Å²) in [5, 5.41) is 6.42. The van der Waals surface area contributed by atoms with Gasteiger partial charge < -0.3 is 10.1 Å². The van der Waals surface area contributed by atoms with Crippen molar-refractivity contribution in [3.8, 4) is 11.3 Å². The maximum Gasteiger partial charge on any atom is 0.160 e.